The second kappa shape index (κ2) is 5.37. The number of methoxy groups -OCH3 is 1. The van der Waals surface area contributed by atoms with E-state index in [0.29, 0.717) is 6.79 Å². The molecule has 0 radical (unpaired) electrons. The predicted molar refractivity (Wildman–Crippen MR) is 56.7 cm³/mol. The van der Waals surface area contributed by atoms with Crippen molar-refractivity contribution in [1.29, 1.82) is 0 Å². The van der Waals surface area contributed by atoms with Gasteiger partial charge in [-0.05, 0) is 17.7 Å². The lowest BCUT2D eigenvalue weighted by atomic mass is 10.2. The predicted octanol–water partition coefficient (Wildman–Crippen LogP) is 2.60. The van der Waals surface area contributed by atoms with Gasteiger partial charge < -0.3 is 9.47 Å². The smallest absolute Gasteiger partial charge is 0.188 e. The second-order valence-electron chi connectivity index (χ2n) is 2.33. The molecule has 0 aliphatic rings. The SMILES string of the molecule is COCOc1cccc(CI)c1. The van der Waals surface area contributed by atoms with Gasteiger partial charge in [-0.15, -0.1) is 0 Å². The third-order valence-corrected chi connectivity index (χ3v) is 2.28. The van der Waals surface area contributed by atoms with Crippen LogP contribution in [0.25, 0.3) is 0 Å². The summed E-state index contributed by atoms with van der Waals surface area (Å²) in [6, 6.07) is 8.01. The highest BCUT2D eigenvalue weighted by Crippen LogP contribution is 2.15. The summed E-state index contributed by atoms with van der Waals surface area (Å²) in [4.78, 5) is 0. The first-order valence-electron chi connectivity index (χ1n) is 3.63. The van der Waals surface area contributed by atoms with Crippen molar-refractivity contribution in [3.05, 3.63) is 29.8 Å². The largest absolute Gasteiger partial charge is 0.468 e. The Morgan fingerprint density at radius 1 is 1.42 bits per heavy atom. The fraction of sp³-hybridized carbons (Fsp3) is 0.333. The molecule has 1 rings (SSSR count). The van der Waals surface area contributed by atoms with E-state index in [9.17, 15) is 0 Å². The zero-order chi connectivity index (χ0) is 8.81. The Morgan fingerprint density at radius 3 is 2.92 bits per heavy atom. The van der Waals surface area contributed by atoms with Crippen LogP contribution >= 0.6 is 22.6 Å². The lowest BCUT2D eigenvalue weighted by Crippen LogP contribution is -1.98. The van der Waals surface area contributed by atoms with Gasteiger partial charge in [0.1, 0.15) is 5.75 Å². The van der Waals surface area contributed by atoms with Gasteiger partial charge in [0.05, 0.1) is 0 Å². The summed E-state index contributed by atoms with van der Waals surface area (Å²) in [6.07, 6.45) is 0. The molecule has 0 aromatic heterocycles. The van der Waals surface area contributed by atoms with Crippen molar-refractivity contribution < 1.29 is 9.47 Å². The molecule has 0 aliphatic heterocycles. The average Bonchev–Trinajstić information content (AvgIpc) is 2.15. The summed E-state index contributed by atoms with van der Waals surface area (Å²) in [5, 5.41) is 0. The van der Waals surface area contributed by atoms with Crippen LogP contribution in [0.1, 0.15) is 5.56 Å². The van der Waals surface area contributed by atoms with E-state index in [4.69, 9.17) is 9.47 Å². The highest BCUT2D eigenvalue weighted by molar-refractivity contribution is 14.1. The summed E-state index contributed by atoms with van der Waals surface area (Å²) in [6.45, 7) is 0.310. The number of alkyl halides is 1. The molecule has 0 unspecified atom stereocenters. The number of hydrogen-bond donors (Lipinski definition) is 0. The van der Waals surface area contributed by atoms with Crippen LogP contribution in [0.15, 0.2) is 24.3 Å². The van der Waals surface area contributed by atoms with Crippen molar-refractivity contribution in [3.8, 4) is 5.75 Å². The Kier molecular flexibility index (Phi) is 4.39. The number of benzene rings is 1. The molecule has 0 saturated carbocycles. The molecule has 0 atom stereocenters. The summed E-state index contributed by atoms with van der Waals surface area (Å²) in [5.74, 6) is 0.867. The van der Waals surface area contributed by atoms with Crippen molar-refractivity contribution >= 4 is 22.6 Å². The van der Waals surface area contributed by atoms with Crippen LogP contribution < -0.4 is 4.74 Å². The summed E-state index contributed by atoms with van der Waals surface area (Å²) in [7, 11) is 1.61. The second-order valence-corrected chi connectivity index (χ2v) is 3.09. The molecule has 0 fully saturated rings. The Balaban J connectivity index is 2.60. The van der Waals surface area contributed by atoms with Gasteiger partial charge in [-0.2, -0.15) is 0 Å². The first-order chi connectivity index (χ1) is 5.86. The molecule has 0 aliphatic carbocycles. The van der Waals surface area contributed by atoms with Gasteiger partial charge in [0.2, 0.25) is 0 Å². The van der Waals surface area contributed by atoms with Crippen molar-refractivity contribution in [2.75, 3.05) is 13.9 Å². The molecule has 2 nitrogen and oxygen atoms in total. The summed E-state index contributed by atoms with van der Waals surface area (Å²) >= 11 is 2.32. The number of rotatable bonds is 4. The molecule has 0 amide bonds. The van der Waals surface area contributed by atoms with Gasteiger partial charge in [0.25, 0.3) is 0 Å². The van der Waals surface area contributed by atoms with E-state index in [2.05, 4.69) is 28.7 Å². The fourth-order valence-electron chi connectivity index (χ4n) is 0.845. The molecule has 0 bridgehead atoms. The number of ether oxygens (including phenoxy) is 2. The molecular weight excluding hydrogens is 267 g/mol. The molecule has 12 heavy (non-hydrogen) atoms. The van der Waals surface area contributed by atoms with Crippen molar-refractivity contribution in [2.45, 2.75) is 4.43 Å². The zero-order valence-electron chi connectivity index (χ0n) is 6.92. The third-order valence-electron chi connectivity index (χ3n) is 1.40. The summed E-state index contributed by atoms with van der Waals surface area (Å²) in [5.41, 5.74) is 1.27. The quantitative estimate of drug-likeness (QED) is 0.479. The van der Waals surface area contributed by atoms with Crippen LogP contribution in [0.4, 0.5) is 0 Å². The maximum atomic E-state index is 5.27. The normalized spacial score (nSPS) is 9.83. The van der Waals surface area contributed by atoms with Crippen LogP contribution in [-0.4, -0.2) is 13.9 Å². The first kappa shape index (κ1) is 9.80. The molecule has 0 saturated heterocycles. The summed E-state index contributed by atoms with van der Waals surface area (Å²) < 4.78 is 11.1. The van der Waals surface area contributed by atoms with E-state index in [0.717, 1.165) is 10.2 Å². The molecular formula is C9H11IO2. The molecule has 1 aromatic carbocycles. The highest BCUT2D eigenvalue weighted by Gasteiger charge is 1.94. The van der Waals surface area contributed by atoms with Crippen LogP contribution in [-0.2, 0) is 9.16 Å². The third kappa shape index (κ3) is 2.98. The molecule has 3 heteroatoms. The maximum absolute atomic E-state index is 5.27. The fourth-order valence-corrected chi connectivity index (χ4v) is 1.32. The lowest BCUT2D eigenvalue weighted by molar-refractivity contribution is 0.0511. The van der Waals surface area contributed by atoms with Gasteiger partial charge in [-0.3, -0.25) is 0 Å². The van der Waals surface area contributed by atoms with Crippen molar-refractivity contribution in [1.82, 2.24) is 0 Å². The Hall–Kier alpha value is -0.290. The minimum absolute atomic E-state index is 0.310. The standard InChI is InChI=1S/C9H11IO2/c1-11-7-12-9-4-2-3-8(5-9)6-10/h2-5H,6-7H2,1H3. The first-order valence-corrected chi connectivity index (χ1v) is 5.16. The van der Waals surface area contributed by atoms with Crippen LogP contribution in [0.2, 0.25) is 0 Å². The van der Waals surface area contributed by atoms with Crippen molar-refractivity contribution in [2.24, 2.45) is 0 Å². The molecule has 66 valence electrons. The number of halogens is 1. The van der Waals surface area contributed by atoms with Gasteiger partial charge >= 0.3 is 0 Å². The van der Waals surface area contributed by atoms with E-state index < -0.39 is 0 Å². The van der Waals surface area contributed by atoms with E-state index >= 15 is 0 Å². The molecule has 0 N–H and O–H groups in total. The maximum Gasteiger partial charge on any atom is 0.188 e. The van der Waals surface area contributed by atoms with E-state index in [-0.39, 0.29) is 0 Å². The lowest BCUT2D eigenvalue weighted by Gasteiger charge is -2.04. The number of hydrogen-bond acceptors (Lipinski definition) is 2. The van der Waals surface area contributed by atoms with Crippen LogP contribution in [0.3, 0.4) is 0 Å². The van der Waals surface area contributed by atoms with E-state index in [1.165, 1.54) is 5.56 Å². The minimum atomic E-state index is 0.310. The monoisotopic (exact) mass is 278 g/mol. The average molecular weight is 278 g/mol. The Labute approximate surface area is 86.0 Å². The topological polar surface area (TPSA) is 18.5 Å². The minimum Gasteiger partial charge on any atom is -0.468 e. The Bertz CT molecular complexity index is 238. The van der Waals surface area contributed by atoms with Gasteiger partial charge in [0, 0.05) is 11.5 Å². The zero-order valence-corrected chi connectivity index (χ0v) is 9.08. The van der Waals surface area contributed by atoms with Crippen molar-refractivity contribution in [3.63, 3.8) is 0 Å². The van der Waals surface area contributed by atoms with E-state index in [1.54, 1.807) is 7.11 Å². The van der Waals surface area contributed by atoms with Gasteiger partial charge in [0.15, 0.2) is 6.79 Å². The van der Waals surface area contributed by atoms with E-state index in [1.807, 2.05) is 18.2 Å². The van der Waals surface area contributed by atoms with Gasteiger partial charge in [-0.1, -0.05) is 34.7 Å². The molecule has 0 heterocycles. The molecule has 0 spiro atoms. The highest BCUT2D eigenvalue weighted by atomic mass is 127. The Morgan fingerprint density at radius 2 is 2.25 bits per heavy atom. The van der Waals surface area contributed by atoms with Crippen LogP contribution in [0.5, 0.6) is 5.75 Å². The van der Waals surface area contributed by atoms with Gasteiger partial charge in [-0.25, -0.2) is 0 Å². The molecule has 1 aromatic rings. The van der Waals surface area contributed by atoms with Crippen LogP contribution in [0, 0.1) is 0 Å².